The van der Waals surface area contributed by atoms with Crippen LogP contribution in [0.3, 0.4) is 0 Å². The number of nitro benzene ring substituents is 1. The highest BCUT2D eigenvalue weighted by atomic mass is 32.2. The Morgan fingerprint density at radius 2 is 1.77 bits per heavy atom. The molecule has 1 saturated carbocycles. The van der Waals surface area contributed by atoms with E-state index in [0.717, 1.165) is 16.9 Å². The molecule has 0 N–H and O–H groups in total. The average molecular weight is 514 g/mol. The summed E-state index contributed by atoms with van der Waals surface area (Å²) < 4.78 is 81.9. The molecule has 2 aromatic carbocycles. The summed E-state index contributed by atoms with van der Waals surface area (Å²) in [5.74, 6) is 0.165. The van der Waals surface area contributed by atoms with E-state index in [1.165, 1.54) is 25.0 Å². The highest BCUT2D eigenvalue weighted by molar-refractivity contribution is 7.93. The van der Waals surface area contributed by atoms with Crippen molar-refractivity contribution in [1.29, 1.82) is 0 Å². The molecule has 188 valence electrons. The van der Waals surface area contributed by atoms with Crippen molar-refractivity contribution < 1.29 is 30.9 Å². The van der Waals surface area contributed by atoms with Crippen LogP contribution in [0.25, 0.3) is 0 Å². The van der Waals surface area contributed by atoms with Crippen LogP contribution in [-0.2, 0) is 21.6 Å². The fourth-order valence-electron chi connectivity index (χ4n) is 5.24. The maximum absolute atomic E-state index is 14.3. The smallest absolute Gasteiger partial charge is 0.303 e. The van der Waals surface area contributed by atoms with Crippen molar-refractivity contribution in [2.45, 2.75) is 42.2 Å². The van der Waals surface area contributed by atoms with Crippen LogP contribution in [0.5, 0.6) is 0 Å². The molecule has 0 bridgehead atoms. The van der Waals surface area contributed by atoms with Gasteiger partial charge in [0.25, 0.3) is 15.7 Å². The van der Waals surface area contributed by atoms with Crippen molar-refractivity contribution in [3.05, 3.63) is 63.5 Å². The lowest BCUT2D eigenvalue weighted by Gasteiger charge is -2.40. The van der Waals surface area contributed by atoms with Crippen LogP contribution in [0, 0.1) is 21.8 Å². The number of nitro groups is 1. The lowest BCUT2D eigenvalue weighted by Crippen LogP contribution is -2.46. The molecule has 1 saturated heterocycles. The first-order valence-corrected chi connectivity index (χ1v) is 12.8. The van der Waals surface area contributed by atoms with Gasteiger partial charge >= 0.3 is 6.18 Å². The van der Waals surface area contributed by atoms with E-state index in [4.69, 9.17) is 0 Å². The van der Waals surface area contributed by atoms with Crippen LogP contribution in [0.2, 0.25) is 0 Å². The summed E-state index contributed by atoms with van der Waals surface area (Å²) in [6.07, 6.45) is -1.31. The molecule has 1 spiro atoms. The van der Waals surface area contributed by atoms with Crippen LogP contribution in [0.1, 0.15) is 36.8 Å². The summed E-state index contributed by atoms with van der Waals surface area (Å²) in [4.78, 5) is 11.9. The van der Waals surface area contributed by atoms with Crippen molar-refractivity contribution in [1.82, 2.24) is 4.90 Å². The van der Waals surface area contributed by atoms with Gasteiger partial charge in [-0.05, 0) is 80.6 Å². The third-order valence-corrected chi connectivity index (χ3v) is 9.13. The fraction of sp³-hybridized carbons (Fsp3) is 0.478. The third-order valence-electron chi connectivity index (χ3n) is 7.32. The monoisotopic (exact) mass is 513 g/mol. The van der Waals surface area contributed by atoms with Gasteiger partial charge in [-0.1, -0.05) is 0 Å². The second kappa shape index (κ2) is 8.16. The fourth-order valence-corrected chi connectivity index (χ4v) is 6.95. The van der Waals surface area contributed by atoms with Gasteiger partial charge in [0.2, 0.25) is 0 Å². The molecule has 12 heteroatoms. The summed E-state index contributed by atoms with van der Waals surface area (Å²) in [6, 6.07) is 5.13. The number of nitrogens with zero attached hydrogens (tertiary/aromatic N) is 3. The van der Waals surface area contributed by atoms with Gasteiger partial charge in [-0.3, -0.25) is 14.4 Å². The SMILES string of the molecule is O=[N+]([O-])c1cc(C(F)(F)F)ccc1S(=O)(=O)N1CC2(CCN(CC3CC3)CC2)c2cc(F)ccc21. The Hall–Kier alpha value is -2.73. The van der Waals surface area contributed by atoms with E-state index in [-0.39, 0.29) is 18.3 Å². The normalized spacial score (nSPS) is 20.3. The number of piperidine rings is 1. The molecule has 3 aliphatic rings. The molecule has 0 unspecified atom stereocenters. The largest absolute Gasteiger partial charge is 0.416 e. The number of benzene rings is 2. The van der Waals surface area contributed by atoms with E-state index in [1.54, 1.807) is 0 Å². The minimum atomic E-state index is -4.87. The van der Waals surface area contributed by atoms with Gasteiger partial charge in [0, 0.05) is 24.6 Å². The standard InChI is InChI=1S/C23H23F4N3O4S/c24-17-4-5-19-18(12-17)22(7-9-28(10-8-22)13-15-1-2-15)14-29(19)35(33,34)21-6-3-16(23(25,26)27)11-20(21)30(31)32/h3-6,11-12,15H,1-2,7-10,13-14H2. The molecular weight excluding hydrogens is 490 g/mol. The molecule has 0 radical (unpaired) electrons. The van der Waals surface area contributed by atoms with Crippen molar-refractivity contribution in [3.63, 3.8) is 0 Å². The summed E-state index contributed by atoms with van der Waals surface area (Å²) >= 11 is 0. The summed E-state index contributed by atoms with van der Waals surface area (Å²) in [7, 11) is -4.61. The number of halogens is 4. The number of hydrogen-bond donors (Lipinski definition) is 0. The minimum Gasteiger partial charge on any atom is -0.303 e. The molecule has 2 heterocycles. The Labute approximate surface area is 199 Å². The molecule has 0 amide bonds. The maximum atomic E-state index is 14.3. The minimum absolute atomic E-state index is 0.0520. The lowest BCUT2D eigenvalue weighted by atomic mass is 9.74. The van der Waals surface area contributed by atoms with E-state index in [9.17, 15) is 36.1 Å². The Morgan fingerprint density at radius 1 is 1.09 bits per heavy atom. The number of fused-ring (bicyclic) bond motifs is 2. The van der Waals surface area contributed by atoms with Crippen molar-refractivity contribution in [2.24, 2.45) is 5.92 Å². The van der Waals surface area contributed by atoms with Crippen LogP contribution in [0.4, 0.5) is 28.9 Å². The first kappa shape index (κ1) is 24.0. The Bertz CT molecular complexity index is 1290. The van der Waals surface area contributed by atoms with Crippen molar-refractivity contribution in [3.8, 4) is 0 Å². The van der Waals surface area contributed by atoms with Crippen molar-refractivity contribution in [2.75, 3.05) is 30.5 Å². The van der Waals surface area contributed by atoms with Crippen LogP contribution in [0.15, 0.2) is 41.3 Å². The molecule has 2 aliphatic heterocycles. The quantitative estimate of drug-likeness (QED) is 0.329. The van der Waals surface area contributed by atoms with Gasteiger partial charge in [-0.25, -0.2) is 12.8 Å². The molecule has 2 aromatic rings. The second-order valence-corrected chi connectivity index (χ2v) is 11.5. The third kappa shape index (κ3) is 4.26. The van der Waals surface area contributed by atoms with E-state index >= 15 is 0 Å². The van der Waals surface area contributed by atoms with E-state index in [0.29, 0.717) is 49.5 Å². The van der Waals surface area contributed by atoms with Gasteiger partial charge < -0.3 is 4.90 Å². The number of alkyl halides is 3. The van der Waals surface area contributed by atoms with Gasteiger partial charge in [-0.2, -0.15) is 13.2 Å². The molecule has 5 rings (SSSR count). The van der Waals surface area contributed by atoms with Gasteiger partial charge in [0.1, 0.15) is 5.82 Å². The Balaban J connectivity index is 1.53. The van der Waals surface area contributed by atoms with Crippen LogP contribution < -0.4 is 4.31 Å². The number of rotatable bonds is 5. The molecule has 1 aliphatic carbocycles. The van der Waals surface area contributed by atoms with E-state index < -0.39 is 48.5 Å². The topological polar surface area (TPSA) is 83.8 Å². The number of likely N-dealkylation sites (tertiary alicyclic amines) is 1. The summed E-state index contributed by atoms with van der Waals surface area (Å²) in [5.41, 5.74) is -2.42. The number of hydrogen-bond acceptors (Lipinski definition) is 5. The van der Waals surface area contributed by atoms with Gasteiger partial charge in [0.15, 0.2) is 4.90 Å². The number of anilines is 1. The lowest BCUT2D eigenvalue weighted by molar-refractivity contribution is -0.388. The summed E-state index contributed by atoms with van der Waals surface area (Å²) in [6.45, 7) is 2.34. The summed E-state index contributed by atoms with van der Waals surface area (Å²) in [5, 5.41) is 11.6. The zero-order valence-corrected chi connectivity index (χ0v) is 19.4. The number of sulfonamides is 1. The molecular formula is C23H23F4N3O4S. The molecule has 0 aromatic heterocycles. The van der Waals surface area contributed by atoms with Gasteiger partial charge in [0.05, 0.1) is 16.2 Å². The first-order valence-electron chi connectivity index (χ1n) is 11.3. The van der Waals surface area contributed by atoms with Crippen molar-refractivity contribution >= 4 is 21.4 Å². The van der Waals surface area contributed by atoms with Gasteiger partial charge in [-0.15, -0.1) is 0 Å². The molecule has 35 heavy (non-hydrogen) atoms. The highest BCUT2D eigenvalue weighted by Gasteiger charge is 2.50. The second-order valence-electron chi connectivity index (χ2n) is 9.63. The van der Waals surface area contributed by atoms with Crippen LogP contribution in [-0.4, -0.2) is 44.4 Å². The predicted octanol–water partition coefficient (Wildman–Crippen LogP) is 4.71. The maximum Gasteiger partial charge on any atom is 0.416 e. The zero-order chi connectivity index (χ0) is 25.2. The molecule has 7 nitrogen and oxygen atoms in total. The van der Waals surface area contributed by atoms with E-state index in [2.05, 4.69) is 4.90 Å². The Morgan fingerprint density at radius 3 is 2.37 bits per heavy atom. The first-order chi connectivity index (χ1) is 16.4. The molecule has 0 atom stereocenters. The average Bonchev–Trinajstić information content (AvgIpc) is 3.56. The predicted molar refractivity (Wildman–Crippen MR) is 119 cm³/mol. The highest BCUT2D eigenvalue weighted by Crippen LogP contribution is 2.50. The Kier molecular flexibility index (Phi) is 5.59. The van der Waals surface area contributed by atoms with Crippen LogP contribution >= 0.6 is 0 Å². The van der Waals surface area contributed by atoms with E-state index in [1.807, 2.05) is 0 Å². The molecule has 2 fully saturated rings. The zero-order valence-electron chi connectivity index (χ0n) is 18.6.